The highest BCUT2D eigenvalue weighted by Crippen LogP contribution is 2.22. The molecule has 0 aromatic heterocycles. The van der Waals surface area contributed by atoms with E-state index in [1.54, 1.807) is 12.1 Å². The number of hydrogen-bond acceptors (Lipinski definition) is 5. The third-order valence-electron chi connectivity index (χ3n) is 4.95. The Morgan fingerprint density at radius 3 is 2.06 bits per heavy atom. The van der Waals surface area contributed by atoms with Gasteiger partial charge in [0.2, 0.25) is 0 Å². The van der Waals surface area contributed by atoms with Crippen molar-refractivity contribution in [2.24, 2.45) is 10.2 Å². The molecule has 0 saturated heterocycles. The molecule has 0 atom stereocenters. The van der Waals surface area contributed by atoms with E-state index in [1.165, 1.54) is 12.1 Å². The molecule has 0 saturated carbocycles. The molecule has 0 N–H and O–H groups in total. The number of carbonyl (C=O) groups excluding carboxylic acids is 1. The summed E-state index contributed by atoms with van der Waals surface area (Å²) in [4.78, 5) is 14.0. The fraction of sp³-hybridized carbons (Fsp3) is 0.222. The Hall–Kier alpha value is -3.80. The van der Waals surface area contributed by atoms with Crippen LogP contribution in [0.15, 0.2) is 77.0 Å². The minimum absolute atomic E-state index is 0.0469. The Balaban J connectivity index is 1.60. The van der Waals surface area contributed by atoms with Crippen molar-refractivity contribution in [3.63, 3.8) is 0 Å². The Kier molecular flexibility index (Phi) is 8.47. The van der Waals surface area contributed by atoms with Gasteiger partial charge in [0.25, 0.3) is 0 Å². The second-order valence-corrected chi connectivity index (χ2v) is 7.76. The Morgan fingerprint density at radius 2 is 1.48 bits per heavy atom. The molecule has 0 radical (unpaired) electrons. The predicted molar refractivity (Wildman–Crippen MR) is 132 cm³/mol. The molecule has 6 heteroatoms. The molecule has 3 aromatic rings. The molecule has 3 aromatic carbocycles. The monoisotopic (exact) mass is 445 g/mol. The number of anilines is 1. The number of hydrogen-bond donors (Lipinski definition) is 0. The topological polar surface area (TPSA) is 54.3 Å². The summed E-state index contributed by atoms with van der Waals surface area (Å²) in [6, 6.07) is 19.9. The van der Waals surface area contributed by atoms with Gasteiger partial charge in [0.15, 0.2) is 0 Å². The third-order valence-corrected chi connectivity index (χ3v) is 4.95. The number of azo groups is 1. The average molecular weight is 446 g/mol. The SMILES string of the molecule is CCCCOC(=O)c1ccc(/C=C/c2ccc(N=Nc3ccc(N(C)C)cc3)cc2)cc1F. The molecule has 0 aliphatic heterocycles. The molecule has 0 heterocycles. The lowest BCUT2D eigenvalue weighted by Crippen LogP contribution is -2.08. The van der Waals surface area contributed by atoms with Crippen LogP contribution >= 0.6 is 0 Å². The largest absolute Gasteiger partial charge is 0.462 e. The molecule has 33 heavy (non-hydrogen) atoms. The van der Waals surface area contributed by atoms with Crippen LogP contribution in [0.3, 0.4) is 0 Å². The van der Waals surface area contributed by atoms with Crippen LogP contribution in [-0.4, -0.2) is 26.7 Å². The fourth-order valence-corrected chi connectivity index (χ4v) is 2.96. The Morgan fingerprint density at radius 1 is 0.909 bits per heavy atom. The number of unbranched alkanes of at least 4 members (excludes halogenated alkanes) is 1. The number of esters is 1. The first kappa shape index (κ1) is 23.9. The van der Waals surface area contributed by atoms with Gasteiger partial charge in [-0.05, 0) is 66.1 Å². The van der Waals surface area contributed by atoms with E-state index in [-0.39, 0.29) is 5.56 Å². The van der Waals surface area contributed by atoms with Crippen LogP contribution in [0.1, 0.15) is 41.3 Å². The summed E-state index contributed by atoms with van der Waals surface area (Å²) < 4.78 is 19.4. The van der Waals surface area contributed by atoms with Gasteiger partial charge in [-0.2, -0.15) is 10.2 Å². The maximum atomic E-state index is 14.3. The first-order valence-electron chi connectivity index (χ1n) is 10.9. The van der Waals surface area contributed by atoms with Gasteiger partial charge < -0.3 is 9.64 Å². The van der Waals surface area contributed by atoms with E-state index in [1.807, 2.05) is 80.5 Å². The lowest BCUT2D eigenvalue weighted by molar-refractivity contribution is 0.0494. The average Bonchev–Trinajstić information content (AvgIpc) is 2.82. The molecule has 0 bridgehead atoms. The summed E-state index contributed by atoms with van der Waals surface area (Å²) in [5, 5.41) is 8.53. The number of nitrogens with zero attached hydrogens (tertiary/aromatic N) is 3. The summed E-state index contributed by atoms with van der Waals surface area (Å²) in [7, 11) is 3.98. The summed E-state index contributed by atoms with van der Waals surface area (Å²) in [6.07, 6.45) is 5.33. The standard InChI is InChI=1S/C27H28FN3O2/c1-4-5-18-33-27(32)25-17-10-21(19-26(25)28)7-6-20-8-11-22(12-9-20)29-30-23-13-15-24(16-14-23)31(2)3/h6-17,19H,4-5,18H2,1-3H3/b7-6+,30-29?. The van der Waals surface area contributed by atoms with E-state index in [0.717, 1.165) is 35.5 Å². The summed E-state index contributed by atoms with van der Waals surface area (Å²) in [5.74, 6) is -1.22. The highest BCUT2D eigenvalue weighted by atomic mass is 19.1. The van der Waals surface area contributed by atoms with Crippen molar-refractivity contribution in [3.05, 3.63) is 89.2 Å². The molecule has 5 nitrogen and oxygen atoms in total. The number of ether oxygens (including phenoxy) is 1. The summed E-state index contributed by atoms with van der Waals surface area (Å²) in [6.45, 7) is 2.30. The van der Waals surface area contributed by atoms with Crippen LogP contribution in [0, 0.1) is 5.82 Å². The van der Waals surface area contributed by atoms with E-state index in [9.17, 15) is 9.18 Å². The molecular formula is C27H28FN3O2. The molecule has 0 fully saturated rings. The molecule has 0 amide bonds. The summed E-state index contributed by atoms with van der Waals surface area (Å²) in [5.41, 5.74) is 4.17. The minimum atomic E-state index is -0.630. The zero-order valence-electron chi connectivity index (χ0n) is 19.2. The molecule has 0 unspecified atom stereocenters. The third kappa shape index (κ3) is 7.10. The maximum Gasteiger partial charge on any atom is 0.341 e. The van der Waals surface area contributed by atoms with Crippen LogP contribution in [0.4, 0.5) is 21.5 Å². The van der Waals surface area contributed by atoms with Crippen LogP contribution in [-0.2, 0) is 4.74 Å². The second-order valence-electron chi connectivity index (χ2n) is 7.76. The first-order valence-corrected chi connectivity index (χ1v) is 10.9. The normalized spacial score (nSPS) is 11.3. The molecule has 170 valence electrons. The van der Waals surface area contributed by atoms with Crippen molar-refractivity contribution in [1.29, 1.82) is 0 Å². The van der Waals surface area contributed by atoms with E-state index in [0.29, 0.717) is 12.2 Å². The molecule has 0 spiro atoms. The highest BCUT2D eigenvalue weighted by molar-refractivity contribution is 5.90. The lowest BCUT2D eigenvalue weighted by Gasteiger charge is -2.11. The van der Waals surface area contributed by atoms with Gasteiger partial charge in [0.1, 0.15) is 5.82 Å². The molecule has 0 aliphatic carbocycles. The number of benzene rings is 3. The minimum Gasteiger partial charge on any atom is -0.462 e. The van der Waals surface area contributed by atoms with Crippen LogP contribution in [0.2, 0.25) is 0 Å². The van der Waals surface area contributed by atoms with Crippen molar-refractivity contribution >= 4 is 35.2 Å². The van der Waals surface area contributed by atoms with E-state index in [2.05, 4.69) is 10.2 Å². The Bertz CT molecular complexity index is 1120. The lowest BCUT2D eigenvalue weighted by atomic mass is 10.1. The number of rotatable bonds is 9. The van der Waals surface area contributed by atoms with Crippen molar-refractivity contribution < 1.29 is 13.9 Å². The van der Waals surface area contributed by atoms with Gasteiger partial charge in [-0.15, -0.1) is 0 Å². The van der Waals surface area contributed by atoms with E-state index in [4.69, 9.17) is 4.74 Å². The van der Waals surface area contributed by atoms with Crippen LogP contribution < -0.4 is 4.90 Å². The first-order chi connectivity index (χ1) is 16.0. The van der Waals surface area contributed by atoms with Crippen molar-refractivity contribution in [2.45, 2.75) is 19.8 Å². The van der Waals surface area contributed by atoms with Crippen molar-refractivity contribution in [1.82, 2.24) is 0 Å². The van der Waals surface area contributed by atoms with Gasteiger partial charge in [-0.1, -0.05) is 43.7 Å². The van der Waals surface area contributed by atoms with Crippen molar-refractivity contribution in [3.8, 4) is 0 Å². The second kappa shape index (κ2) is 11.7. The molecule has 3 rings (SSSR count). The number of carbonyl (C=O) groups is 1. The van der Waals surface area contributed by atoms with Gasteiger partial charge in [-0.3, -0.25) is 0 Å². The fourth-order valence-electron chi connectivity index (χ4n) is 2.96. The number of halogens is 1. The summed E-state index contributed by atoms with van der Waals surface area (Å²) >= 11 is 0. The zero-order valence-corrected chi connectivity index (χ0v) is 19.2. The van der Waals surface area contributed by atoms with Gasteiger partial charge in [-0.25, -0.2) is 9.18 Å². The van der Waals surface area contributed by atoms with Crippen LogP contribution in [0.5, 0.6) is 0 Å². The van der Waals surface area contributed by atoms with E-state index >= 15 is 0 Å². The quantitative estimate of drug-likeness (QED) is 0.149. The maximum absolute atomic E-state index is 14.3. The van der Waals surface area contributed by atoms with Gasteiger partial charge in [0.05, 0.1) is 23.5 Å². The van der Waals surface area contributed by atoms with Crippen molar-refractivity contribution in [2.75, 3.05) is 25.6 Å². The van der Waals surface area contributed by atoms with Gasteiger partial charge in [0, 0.05) is 19.8 Å². The Labute approximate surface area is 194 Å². The smallest absolute Gasteiger partial charge is 0.341 e. The molecular weight excluding hydrogens is 417 g/mol. The predicted octanol–water partition coefficient (Wildman–Crippen LogP) is 7.43. The highest BCUT2D eigenvalue weighted by Gasteiger charge is 2.12. The van der Waals surface area contributed by atoms with E-state index < -0.39 is 11.8 Å². The molecule has 0 aliphatic rings. The van der Waals surface area contributed by atoms with Gasteiger partial charge >= 0.3 is 5.97 Å². The zero-order chi connectivity index (χ0) is 23.6. The van der Waals surface area contributed by atoms with Crippen LogP contribution in [0.25, 0.3) is 12.2 Å².